The summed E-state index contributed by atoms with van der Waals surface area (Å²) in [6.07, 6.45) is 1.99. The zero-order chi connectivity index (χ0) is 19.7. The second kappa shape index (κ2) is 7.40. The minimum Gasteiger partial charge on any atom is -0.451 e. The molecule has 0 saturated carbocycles. The number of anilines is 2. The molecule has 1 amide bonds. The normalized spacial score (nSPS) is 10.9. The van der Waals surface area contributed by atoms with Crippen LogP contribution in [-0.2, 0) is 0 Å². The molecule has 3 N–H and O–H groups in total. The standard InChI is InChI=1S/C22H17FN2O2S/c1-28-17-7-9-20-15(10-17)12-21(27-20)22(26)25-19-11-14(4-8-18(19)24)13-2-5-16(23)6-3-13/h2-12H,24H2,1H3,(H,25,26). The van der Waals surface area contributed by atoms with Gasteiger partial charge in [-0.1, -0.05) is 18.2 Å². The molecule has 4 rings (SSSR count). The zero-order valence-electron chi connectivity index (χ0n) is 15.0. The molecule has 0 bridgehead atoms. The fraction of sp³-hybridized carbons (Fsp3) is 0.0455. The van der Waals surface area contributed by atoms with E-state index in [1.165, 1.54) is 12.1 Å². The van der Waals surface area contributed by atoms with Crippen molar-refractivity contribution in [3.05, 3.63) is 78.3 Å². The number of hydrogen-bond acceptors (Lipinski definition) is 4. The Morgan fingerprint density at radius 2 is 1.75 bits per heavy atom. The summed E-state index contributed by atoms with van der Waals surface area (Å²) >= 11 is 1.62. The van der Waals surface area contributed by atoms with Crippen molar-refractivity contribution in [1.29, 1.82) is 0 Å². The van der Waals surface area contributed by atoms with E-state index in [1.54, 1.807) is 42.1 Å². The lowest BCUT2D eigenvalue weighted by Gasteiger charge is -2.10. The molecule has 0 radical (unpaired) electrons. The number of nitrogens with two attached hydrogens (primary N) is 1. The molecule has 0 atom stereocenters. The summed E-state index contributed by atoms with van der Waals surface area (Å²) in [5.74, 6) is -0.480. The SMILES string of the molecule is CSc1ccc2oc(C(=O)Nc3cc(-c4ccc(F)cc4)ccc3N)cc2c1. The van der Waals surface area contributed by atoms with Crippen LogP contribution >= 0.6 is 11.8 Å². The third-order valence-corrected chi connectivity index (χ3v) is 5.15. The first-order valence-electron chi connectivity index (χ1n) is 8.58. The molecule has 1 heterocycles. The molecule has 28 heavy (non-hydrogen) atoms. The van der Waals surface area contributed by atoms with Crippen LogP contribution in [0.1, 0.15) is 10.6 Å². The van der Waals surface area contributed by atoms with Gasteiger partial charge in [-0.2, -0.15) is 0 Å². The van der Waals surface area contributed by atoms with Crippen molar-refractivity contribution in [3.63, 3.8) is 0 Å². The van der Waals surface area contributed by atoms with E-state index >= 15 is 0 Å². The maximum absolute atomic E-state index is 13.2. The molecule has 0 spiro atoms. The smallest absolute Gasteiger partial charge is 0.291 e. The molecule has 140 valence electrons. The summed E-state index contributed by atoms with van der Waals surface area (Å²) < 4.78 is 18.8. The fourth-order valence-corrected chi connectivity index (χ4v) is 3.38. The van der Waals surface area contributed by atoms with Gasteiger partial charge in [0, 0.05) is 10.3 Å². The lowest BCUT2D eigenvalue weighted by molar-refractivity contribution is 0.0999. The third-order valence-electron chi connectivity index (χ3n) is 4.43. The van der Waals surface area contributed by atoms with Gasteiger partial charge in [0.2, 0.25) is 0 Å². The third kappa shape index (κ3) is 3.59. The largest absolute Gasteiger partial charge is 0.451 e. The lowest BCUT2D eigenvalue weighted by atomic mass is 10.0. The number of carbonyl (C=O) groups excluding carboxylic acids is 1. The van der Waals surface area contributed by atoms with Crippen LogP contribution in [0.4, 0.5) is 15.8 Å². The van der Waals surface area contributed by atoms with Crippen molar-refractivity contribution in [2.75, 3.05) is 17.3 Å². The van der Waals surface area contributed by atoms with Crippen LogP contribution in [0.25, 0.3) is 22.1 Å². The molecule has 0 aliphatic rings. The van der Waals surface area contributed by atoms with E-state index in [0.717, 1.165) is 21.4 Å². The zero-order valence-corrected chi connectivity index (χ0v) is 15.8. The van der Waals surface area contributed by atoms with Crippen molar-refractivity contribution < 1.29 is 13.6 Å². The van der Waals surface area contributed by atoms with Gasteiger partial charge >= 0.3 is 0 Å². The highest BCUT2D eigenvalue weighted by atomic mass is 32.2. The summed E-state index contributed by atoms with van der Waals surface area (Å²) in [4.78, 5) is 13.8. The Hall–Kier alpha value is -3.25. The maximum atomic E-state index is 13.2. The van der Waals surface area contributed by atoms with E-state index in [9.17, 15) is 9.18 Å². The lowest BCUT2D eigenvalue weighted by Crippen LogP contribution is -2.12. The number of benzene rings is 3. The fourth-order valence-electron chi connectivity index (χ4n) is 2.93. The van der Waals surface area contributed by atoms with Crippen molar-refractivity contribution in [1.82, 2.24) is 0 Å². The van der Waals surface area contributed by atoms with Crippen LogP contribution in [-0.4, -0.2) is 12.2 Å². The van der Waals surface area contributed by atoms with Crippen molar-refractivity contribution in [3.8, 4) is 11.1 Å². The van der Waals surface area contributed by atoms with E-state index in [2.05, 4.69) is 5.32 Å². The molecular formula is C22H17FN2O2S. The van der Waals surface area contributed by atoms with Gasteiger partial charge in [-0.15, -0.1) is 11.8 Å². The molecule has 3 aromatic carbocycles. The monoisotopic (exact) mass is 392 g/mol. The molecule has 0 aliphatic heterocycles. The van der Waals surface area contributed by atoms with Crippen LogP contribution in [0, 0.1) is 5.82 Å². The molecular weight excluding hydrogens is 375 g/mol. The first kappa shape index (κ1) is 18.1. The molecule has 1 aromatic heterocycles. The predicted molar refractivity (Wildman–Crippen MR) is 112 cm³/mol. The van der Waals surface area contributed by atoms with Gasteiger partial charge in [0.15, 0.2) is 5.76 Å². The van der Waals surface area contributed by atoms with Crippen LogP contribution in [0.2, 0.25) is 0 Å². The van der Waals surface area contributed by atoms with E-state index in [-0.39, 0.29) is 17.5 Å². The Balaban J connectivity index is 1.62. The van der Waals surface area contributed by atoms with Crippen molar-refractivity contribution in [2.24, 2.45) is 0 Å². The number of rotatable bonds is 4. The Labute approximate surface area is 165 Å². The highest BCUT2D eigenvalue weighted by Crippen LogP contribution is 2.29. The average Bonchev–Trinajstić information content (AvgIpc) is 3.13. The summed E-state index contributed by atoms with van der Waals surface area (Å²) in [7, 11) is 0. The topological polar surface area (TPSA) is 68.3 Å². The van der Waals surface area contributed by atoms with Crippen LogP contribution in [0.3, 0.4) is 0 Å². The maximum Gasteiger partial charge on any atom is 0.291 e. The number of fused-ring (bicyclic) bond motifs is 1. The quantitative estimate of drug-likeness (QED) is 0.340. The number of nitrogen functional groups attached to an aromatic ring is 1. The first-order chi connectivity index (χ1) is 13.5. The highest BCUT2D eigenvalue weighted by molar-refractivity contribution is 7.98. The minimum atomic E-state index is -0.384. The summed E-state index contributed by atoms with van der Waals surface area (Å²) in [5.41, 5.74) is 9.21. The van der Waals surface area contributed by atoms with E-state index in [4.69, 9.17) is 10.2 Å². The van der Waals surface area contributed by atoms with Gasteiger partial charge in [0.25, 0.3) is 5.91 Å². The van der Waals surface area contributed by atoms with E-state index in [0.29, 0.717) is 17.0 Å². The van der Waals surface area contributed by atoms with Gasteiger partial charge < -0.3 is 15.5 Å². The van der Waals surface area contributed by atoms with Crippen molar-refractivity contribution in [2.45, 2.75) is 4.90 Å². The minimum absolute atomic E-state index is 0.208. The Morgan fingerprint density at radius 1 is 1.00 bits per heavy atom. The first-order valence-corrected chi connectivity index (χ1v) is 9.80. The molecule has 6 heteroatoms. The van der Waals surface area contributed by atoms with Gasteiger partial charge in [0.1, 0.15) is 11.4 Å². The predicted octanol–water partition coefficient (Wildman–Crippen LogP) is 5.80. The number of halogens is 1. The second-order valence-corrected chi connectivity index (χ2v) is 7.16. The summed E-state index contributed by atoms with van der Waals surface area (Å²) in [6.45, 7) is 0. The van der Waals surface area contributed by atoms with Crippen LogP contribution in [0.15, 0.2) is 76.0 Å². The van der Waals surface area contributed by atoms with Crippen LogP contribution < -0.4 is 11.1 Å². The van der Waals surface area contributed by atoms with Crippen LogP contribution in [0.5, 0.6) is 0 Å². The Kier molecular flexibility index (Phi) is 4.79. The molecule has 0 unspecified atom stereocenters. The molecule has 0 fully saturated rings. The summed E-state index contributed by atoms with van der Waals surface area (Å²) in [6, 6.07) is 18.9. The molecule has 4 nitrogen and oxygen atoms in total. The molecule has 0 saturated heterocycles. The summed E-state index contributed by atoms with van der Waals surface area (Å²) in [5, 5.41) is 3.67. The number of nitrogens with one attached hydrogen (secondary N) is 1. The van der Waals surface area contributed by atoms with E-state index in [1.807, 2.05) is 30.5 Å². The number of furan rings is 1. The Morgan fingerprint density at radius 3 is 2.50 bits per heavy atom. The van der Waals surface area contributed by atoms with Gasteiger partial charge in [0.05, 0.1) is 11.4 Å². The van der Waals surface area contributed by atoms with Gasteiger partial charge in [-0.3, -0.25) is 4.79 Å². The number of amides is 1. The average molecular weight is 392 g/mol. The van der Waals surface area contributed by atoms with Crippen molar-refractivity contribution >= 4 is 40.0 Å². The van der Waals surface area contributed by atoms with Gasteiger partial charge in [-0.25, -0.2) is 4.39 Å². The molecule has 0 aliphatic carbocycles. The highest BCUT2D eigenvalue weighted by Gasteiger charge is 2.15. The number of carbonyl (C=O) groups is 1. The number of hydrogen-bond donors (Lipinski definition) is 2. The number of thioether (sulfide) groups is 1. The van der Waals surface area contributed by atoms with E-state index < -0.39 is 0 Å². The molecule has 4 aromatic rings. The Bertz CT molecular complexity index is 1170. The van der Waals surface area contributed by atoms with Gasteiger partial charge in [-0.05, 0) is 65.9 Å². The second-order valence-electron chi connectivity index (χ2n) is 6.28.